The van der Waals surface area contributed by atoms with E-state index in [0.717, 1.165) is 12.3 Å². The van der Waals surface area contributed by atoms with E-state index < -0.39 is 0 Å². The lowest BCUT2D eigenvalue weighted by molar-refractivity contribution is 0.503. The standard InChI is InChI=1S/C13H15FN2O/c1-2-16(9-11-4-3-7-17-11)13-8-10(14)5-6-12(13)15/h3-8H,2,9,15H2,1H3. The molecule has 4 heteroatoms. The van der Waals surface area contributed by atoms with Crippen molar-refractivity contribution < 1.29 is 8.81 Å². The third-order valence-corrected chi connectivity index (χ3v) is 2.64. The molecule has 0 saturated heterocycles. The monoisotopic (exact) mass is 234 g/mol. The van der Waals surface area contributed by atoms with E-state index >= 15 is 0 Å². The van der Waals surface area contributed by atoms with Crippen LogP contribution < -0.4 is 10.6 Å². The number of hydrogen-bond acceptors (Lipinski definition) is 3. The zero-order valence-electron chi connectivity index (χ0n) is 9.69. The highest BCUT2D eigenvalue weighted by atomic mass is 19.1. The van der Waals surface area contributed by atoms with Gasteiger partial charge in [0.1, 0.15) is 11.6 Å². The van der Waals surface area contributed by atoms with Gasteiger partial charge in [0.25, 0.3) is 0 Å². The summed E-state index contributed by atoms with van der Waals surface area (Å²) in [7, 11) is 0. The maximum atomic E-state index is 13.2. The molecule has 0 aliphatic heterocycles. The number of hydrogen-bond donors (Lipinski definition) is 1. The van der Waals surface area contributed by atoms with Crippen LogP contribution in [0.1, 0.15) is 12.7 Å². The summed E-state index contributed by atoms with van der Waals surface area (Å²) in [4.78, 5) is 1.97. The molecule has 0 saturated carbocycles. The Kier molecular flexibility index (Phi) is 3.32. The zero-order chi connectivity index (χ0) is 12.3. The van der Waals surface area contributed by atoms with Gasteiger partial charge in [-0.2, -0.15) is 0 Å². The first-order valence-electron chi connectivity index (χ1n) is 5.53. The van der Waals surface area contributed by atoms with Crippen molar-refractivity contribution in [2.24, 2.45) is 0 Å². The molecule has 0 atom stereocenters. The topological polar surface area (TPSA) is 42.4 Å². The van der Waals surface area contributed by atoms with Crippen LogP contribution >= 0.6 is 0 Å². The second kappa shape index (κ2) is 4.91. The first kappa shape index (κ1) is 11.5. The Morgan fingerprint density at radius 3 is 2.82 bits per heavy atom. The van der Waals surface area contributed by atoms with Gasteiger partial charge >= 0.3 is 0 Å². The third-order valence-electron chi connectivity index (χ3n) is 2.64. The van der Waals surface area contributed by atoms with Gasteiger partial charge in [0.2, 0.25) is 0 Å². The van der Waals surface area contributed by atoms with Crippen LogP contribution in [0.25, 0.3) is 0 Å². The van der Waals surface area contributed by atoms with Crippen molar-refractivity contribution in [2.45, 2.75) is 13.5 Å². The molecule has 2 aromatic rings. The predicted molar refractivity (Wildman–Crippen MR) is 66.2 cm³/mol. The van der Waals surface area contributed by atoms with Crippen molar-refractivity contribution >= 4 is 11.4 Å². The third kappa shape index (κ3) is 2.58. The van der Waals surface area contributed by atoms with Crippen LogP contribution in [0.3, 0.4) is 0 Å². The number of anilines is 2. The Morgan fingerprint density at radius 1 is 1.35 bits per heavy atom. The van der Waals surface area contributed by atoms with Gasteiger partial charge in [0.05, 0.1) is 24.2 Å². The highest BCUT2D eigenvalue weighted by Crippen LogP contribution is 2.25. The van der Waals surface area contributed by atoms with E-state index in [1.807, 2.05) is 24.0 Å². The van der Waals surface area contributed by atoms with Crippen molar-refractivity contribution in [2.75, 3.05) is 17.2 Å². The highest BCUT2D eigenvalue weighted by molar-refractivity contribution is 5.67. The Hall–Kier alpha value is -1.97. The van der Waals surface area contributed by atoms with Gasteiger partial charge in [0.15, 0.2) is 0 Å². The lowest BCUT2D eigenvalue weighted by Gasteiger charge is -2.23. The summed E-state index contributed by atoms with van der Waals surface area (Å²) in [5, 5.41) is 0. The minimum atomic E-state index is -0.285. The summed E-state index contributed by atoms with van der Waals surface area (Å²) >= 11 is 0. The van der Waals surface area contributed by atoms with Gasteiger partial charge in [0, 0.05) is 6.54 Å². The Labute approximate surface area is 99.6 Å². The summed E-state index contributed by atoms with van der Waals surface area (Å²) in [6.45, 7) is 3.30. The largest absolute Gasteiger partial charge is 0.467 e. The lowest BCUT2D eigenvalue weighted by atomic mass is 10.2. The van der Waals surface area contributed by atoms with Gasteiger partial charge in [-0.1, -0.05) is 0 Å². The normalized spacial score (nSPS) is 10.5. The van der Waals surface area contributed by atoms with Gasteiger partial charge in [-0.15, -0.1) is 0 Å². The van der Waals surface area contributed by atoms with Crippen LogP contribution in [-0.4, -0.2) is 6.54 Å². The average molecular weight is 234 g/mol. The van der Waals surface area contributed by atoms with Crippen molar-refractivity contribution in [3.8, 4) is 0 Å². The van der Waals surface area contributed by atoms with Crippen molar-refractivity contribution in [3.63, 3.8) is 0 Å². The van der Waals surface area contributed by atoms with E-state index in [0.29, 0.717) is 17.9 Å². The minimum Gasteiger partial charge on any atom is -0.467 e. The lowest BCUT2D eigenvalue weighted by Crippen LogP contribution is -2.22. The number of nitrogens with zero attached hydrogens (tertiary/aromatic N) is 1. The average Bonchev–Trinajstić information content (AvgIpc) is 2.82. The number of rotatable bonds is 4. The molecule has 0 amide bonds. The summed E-state index contributed by atoms with van der Waals surface area (Å²) in [6.07, 6.45) is 1.62. The smallest absolute Gasteiger partial charge is 0.125 e. The second-order valence-corrected chi connectivity index (χ2v) is 3.80. The van der Waals surface area contributed by atoms with E-state index in [1.165, 1.54) is 12.1 Å². The molecule has 1 aromatic heterocycles. The molecule has 0 aliphatic rings. The van der Waals surface area contributed by atoms with Crippen molar-refractivity contribution in [1.29, 1.82) is 0 Å². The molecule has 90 valence electrons. The van der Waals surface area contributed by atoms with E-state index in [2.05, 4.69) is 0 Å². The fourth-order valence-corrected chi connectivity index (χ4v) is 1.75. The Morgan fingerprint density at radius 2 is 2.18 bits per heavy atom. The molecule has 0 unspecified atom stereocenters. The molecule has 3 nitrogen and oxygen atoms in total. The molecule has 0 spiro atoms. The minimum absolute atomic E-state index is 0.285. The quantitative estimate of drug-likeness (QED) is 0.827. The molecule has 17 heavy (non-hydrogen) atoms. The van der Waals surface area contributed by atoms with Crippen LogP contribution in [0.5, 0.6) is 0 Å². The molecular formula is C13H15FN2O. The van der Waals surface area contributed by atoms with Gasteiger partial charge in [-0.3, -0.25) is 0 Å². The van der Waals surface area contributed by atoms with Crippen LogP contribution in [0, 0.1) is 5.82 Å². The van der Waals surface area contributed by atoms with Gasteiger partial charge in [-0.25, -0.2) is 4.39 Å². The van der Waals surface area contributed by atoms with E-state index in [-0.39, 0.29) is 5.82 Å². The number of halogens is 1. The molecule has 1 aromatic carbocycles. The van der Waals surface area contributed by atoms with Crippen LogP contribution in [0.4, 0.5) is 15.8 Å². The van der Waals surface area contributed by atoms with Crippen LogP contribution in [0.2, 0.25) is 0 Å². The van der Waals surface area contributed by atoms with Crippen molar-refractivity contribution in [1.82, 2.24) is 0 Å². The predicted octanol–water partition coefficient (Wildman–Crippen LogP) is 3.03. The molecule has 2 N–H and O–H groups in total. The molecule has 0 fully saturated rings. The summed E-state index contributed by atoms with van der Waals surface area (Å²) < 4.78 is 18.5. The first-order chi connectivity index (χ1) is 8.20. The number of furan rings is 1. The molecule has 0 radical (unpaired) electrons. The number of nitrogens with two attached hydrogens (primary N) is 1. The molecule has 1 heterocycles. The fourth-order valence-electron chi connectivity index (χ4n) is 1.75. The zero-order valence-corrected chi connectivity index (χ0v) is 9.69. The SMILES string of the molecule is CCN(Cc1ccco1)c1cc(F)ccc1N. The van der Waals surface area contributed by atoms with Crippen LogP contribution in [-0.2, 0) is 6.54 Å². The van der Waals surface area contributed by atoms with E-state index in [9.17, 15) is 4.39 Å². The molecule has 2 rings (SSSR count). The number of benzene rings is 1. The van der Waals surface area contributed by atoms with Gasteiger partial charge in [-0.05, 0) is 37.3 Å². The van der Waals surface area contributed by atoms with Crippen LogP contribution in [0.15, 0.2) is 41.0 Å². The fraction of sp³-hybridized carbons (Fsp3) is 0.231. The maximum Gasteiger partial charge on any atom is 0.125 e. The van der Waals surface area contributed by atoms with Gasteiger partial charge < -0.3 is 15.1 Å². The maximum absolute atomic E-state index is 13.2. The Bertz CT molecular complexity index is 482. The number of nitrogen functional groups attached to an aromatic ring is 1. The highest BCUT2D eigenvalue weighted by Gasteiger charge is 2.11. The molecular weight excluding hydrogens is 219 g/mol. The second-order valence-electron chi connectivity index (χ2n) is 3.80. The van der Waals surface area contributed by atoms with E-state index in [4.69, 9.17) is 10.2 Å². The van der Waals surface area contributed by atoms with Crippen molar-refractivity contribution in [3.05, 3.63) is 48.2 Å². The first-order valence-corrected chi connectivity index (χ1v) is 5.53. The molecule has 0 aliphatic carbocycles. The van der Waals surface area contributed by atoms with E-state index in [1.54, 1.807) is 12.3 Å². The summed E-state index contributed by atoms with van der Waals surface area (Å²) in [6, 6.07) is 8.10. The molecule has 0 bridgehead atoms. The summed E-state index contributed by atoms with van der Waals surface area (Å²) in [5.41, 5.74) is 7.12. The summed E-state index contributed by atoms with van der Waals surface area (Å²) in [5.74, 6) is 0.544. The Balaban J connectivity index is 2.25.